The molecule has 1 amide bonds. The molecular weight excluding hydrogens is 186 g/mol. The zero-order valence-corrected chi connectivity index (χ0v) is 8.39. The number of hydrogen-bond acceptors (Lipinski definition) is 3. The van der Waals surface area contributed by atoms with Crippen molar-refractivity contribution in [2.24, 2.45) is 0 Å². The van der Waals surface area contributed by atoms with Gasteiger partial charge in [0.15, 0.2) is 0 Å². The maximum absolute atomic E-state index is 11.0. The average Bonchev–Trinajstić information content (AvgIpc) is 2.64. The van der Waals surface area contributed by atoms with Crippen molar-refractivity contribution in [2.45, 2.75) is 19.9 Å². The Hall–Kier alpha value is -1.03. The molecule has 72 valence electrons. The van der Waals surface area contributed by atoms with Crippen molar-refractivity contribution in [3.63, 3.8) is 0 Å². The van der Waals surface area contributed by atoms with Gasteiger partial charge in [0.1, 0.15) is 0 Å². The first kappa shape index (κ1) is 10.1. The maximum Gasteiger partial charge on any atom is 0.407 e. The highest BCUT2D eigenvalue weighted by Crippen LogP contribution is 2.07. The third-order valence-corrected chi connectivity index (χ3v) is 2.30. The zero-order chi connectivity index (χ0) is 9.52. The number of hydrogen-bond donors (Lipinski definition) is 1. The smallest absolute Gasteiger partial charge is 0.407 e. The van der Waals surface area contributed by atoms with Gasteiger partial charge in [0.05, 0.1) is 13.2 Å². The molecule has 0 fully saturated rings. The first-order valence-corrected chi connectivity index (χ1v) is 5.14. The van der Waals surface area contributed by atoms with E-state index in [4.69, 9.17) is 4.74 Å². The highest BCUT2D eigenvalue weighted by Gasteiger charge is 2.00. The molecule has 0 bridgehead atoms. The van der Waals surface area contributed by atoms with Gasteiger partial charge in [0.25, 0.3) is 0 Å². The predicted octanol–water partition coefficient (Wildman–Crippen LogP) is 2.38. The van der Waals surface area contributed by atoms with Gasteiger partial charge in [0, 0.05) is 4.88 Å². The summed E-state index contributed by atoms with van der Waals surface area (Å²) in [6.45, 7) is 3.00. The second-order valence-electron chi connectivity index (χ2n) is 2.57. The van der Waals surface area contributed by atoms with Gasteiger partial charge in [-0.25, -0.2) is 4.79 Å². The molecule has 0 unspecified atom stereocenters. The topological polar surface area (TPSA) is 38.3 Å². The van der Waals surface area contributed by atoms with Crippen LogP contribution in [0.1, 0.15) is 18.2 Å². The normalized spacial score (nSPS) is 9.62. The summed E-state index contributed by atoms with van der Waals surface area (Å²) in [6.07, 6.45) is 0.516. The van der Waals surface area contributed by atoms with Crippen LogP contribution in [0.15, 0.2) is 17.5 Å². The molecule has 1 aromatic heterocycles. The summed E-state index contributed by atoms with van der Waals surface area (Å²) in [5.74, 6) is 0. The predicted molar refractivity (Wildman–Crippen MR) is 52.8 cm³/mol. The van der Waals surface area contributed by atoms with Crippen molar-refractivity contribution in [1.29, 1.82) is 0 Å². The average molecular weight is 199 g/mol. The van der Waals surface area contributed by atoms with Crippen LogP contribution in [0, 0.1) is 0 Å². The van der Waals surface area contributed by atoms with Gasteiger partial charge in [-0.05, 0) is 17.9 Å². The lowest BCUT2D eigenvalue weighted by Gasteiger charge is -2.03. The van der Waals surface area contributed by atoms with Crippen LogP contribution in [-0.4, -0.2) is 12.7 Å². The van der Waals surface area contributed by atoms with E-state index in [9.17, 15) is 4.79 Å². The van der Waals surface area contributed by atoms with Gasteiger partial charge in [-0.2, -0.15) is 0 Å². The SMILES string of the molecule is CCCOC(=O)NCc1cccs1. The number of nitrogens with one attached hydrogen (secondary N) is 1. The van der Waals surface area contributed by atoms with E-state index in [0.29, 0.717) is 13.2 Å². The number of carbonyl (C=O) groups is 1. The molecule has 13 heavy (non-hydrogen) atoms. The number of amides is 1. The molecule has 1 heterocycles. The van der Waals surface area contributed by atoms with Crippen molar-refractivity contribution in [3.05, 3.63) is 22.4 Å². The molecule has 3 nitrogen and oxygen atoms in total. The van der Waals surface area contributed by atoms with E-state index in [1.807, 2.05) is 24.4 Å². The Labute approximate surface area is 81.7 Å². The number of alkyl carbamates (subject to hydrolysis) is 1. The largest absolute Gasteiger partial charge is 0.450 e. The molecule has 0 aliphatic rings. The standard InChI is InChI=1S/C9H13NO2S/c1-2-5-12-9(11)10-7-8-4-3-6-13-8/h3-4,6H,2,5,7H2,1H3,(H,10,11). The lowest BCUT2D eigenvalue weighted by molar-refractivity contribution is 0.146. The monoisotopic (exact) mass is 199 g/mol. The lowest BCUT2D eigenvalue weighted by atomic mass is 10.5. The summed E-state index contributed by atoms with van der Waals surface area (Å²) in [5, 5.41) is 4.65. The van der Waals surface area contributed by atoms with E-state index >= 15 is 0 Å². The summed E-state index contributed by atoms with van der Waals surface area (Å²) in [7, 11) is 0. The van der Waals surface area contributed by atoms with Gasteiger partial charge in [-0.3, -0.25) is 0 Å². The van der Waals surface area contributed by atoms with E-state index in [-0.39, 0.29) is 6.09 Å². The number of rotatable bonds is 4. The van der Waals surface area contributed by atoms with E-state index < -0.39 is 0 Å². The van der Waals surface area contributed by atoms with Gasteiger partial charge >= 0.3 is 6.09 Å². The molecule has 4 heteroatoms. The summed E-state index contributed by atoms with van der Waals surface area (Å²) in [4.78, 5) is 12.1. The first-order chi connectivity index (χ1) is 6.33. The number of carbonyl (C=O) groups excluding carboxylic acids is 1. The summed E-state index contributed by atoms with van der Waals surface area (Å²) in [6, 6.07) is 3.93. The molecular formula is C9H13NO2S. The van der Waals surface area contributed by atoms with Gasteiger partial charge in [0.2, 0.25) is 0 Å². The van der Waals surface area contributed by atoms with Crippen LogP contribution in [0.3, 0.4) is 0 Å². The van der Waals surface area contributed by atoms with Gasteiger partial charge in [-0.15, -0.1) is 11.3 Å². The Balaban J connectivity index is 2.15. The molecule has 0 radical (unpaired) electrons. The summed E-state index contributed by atoms with van der Waals surface area (Å²) >= 11 is 1.62. The highest BCUT2D eigenvalue weighted by molar-refractivity contribution is 7.09. The van der Waals surface area contributed by atoms with Crippen molar-refractivity contribution in [1.82, 2.24) is 5.32 Å². The Morgan fingerprint density at radius 3 is 3.15 bits per heavy atom. The lowest BCUT2D eigenvalue weighted by Crippen LogP contribution is -2.23. The third kappa shape index (κ3) is 3.94. The zero-order valence-electron chi connectivity index (χ0n) is 7.58. The first-order valence-electron chi connectivity index (χ1n) is 4.26. The fraction of sp³-hybridized carbons (Fsp3) is 0.444. The minimum absolute atomic E-state index is 0.338. The maximum atomic E-state index is 11.0. The van der Waals surface area contributed by atoms with Crippen LogP contribution in [0.25, 0.3) is 0 Å². The Morgan fingerprint density at radius 1 is 1.69 bits per heavy atom. The minimum Gasteiger partial charge on any atom is -0.450 e. The van der Waals surface area contributed by atoms with Crippen molar-refractivity contribution >= 4 is 17.4 Å². The molecule has 0 aliphatic carbocycles. The molecule has 0 saturated carbocycles. The molecule has 0 spiro atoms. The van der Waals surface area contributed by atoms with Crippen LogP contribution >= 0.6 is 11.3 Å². The van der Waals surface area contributed by atoms with Crippen molar-refractivity contribution < 1.29 is 9.53 Å². The molecule has 0 aromatic carbocycles. The molecule has 1 N–H and O–H groups in total. The van der Waals surface area contributed by atoms with E-state index in [0.717, 1.165) is 11.3 Å². The van der Waals surface area contributed by atoms with E-state index in [1.165, 1.54) is 0 Å². The molecule has 1 rings (SSSR count). The summed E-state index contributed by atoms with van der Waals surface area (Å²) < 4.78 is 4.84. The van der Waals surface area contributed by atoms with Crippen molar-refractivity contribution in [3.8, 4) is 0 Å². The molecule has 0 aliphatic heterocycles. The van der Waals surface area contributed by atoms with E-state index in [2.05, 4.69) is 5.32 Å². The van der Waals surface area contributed by atoms with Crippen LogP contribution in [0.4, 0.5) is 4.79 Å². The third-order valence-electron chi connectivity index (χ3n) is 1.42. The number of ether oxygens (including phenoxy) is 1. The summed E-state index contributed by atoms with van der Waals surface area (Å²) in [5.41, 5.74) is 0. The van der Waals surface area contributed by atoms with Crippen molar-refractivity contribution in [2.75, 3.05) is 6.61 Å². The number of thiophene rings is 1. The van der Waals surface area contributed by atoms with E-state index in [1.54, 1.807) is 11.3 Å². The van der Waals surface area contributed by atoms with Crippen LogP contribution < -0.4 is 5.32 Å². The highest BCUT2D eigenvalue weighted by atomic mass is 32.1. The fourth-order valence-electron chi connectivity index (χ4n) is 0.818. The second kappa shape index (κ2) is 5.59. The molecule has 0 saturated heterocycles. The minimum atomic E-state index is -0.338. The molecule has 1 aromatic rings. The Bertz CT molecular complexity index is 246. The van der Waals surface area contributed by atoms with Crippen LogP contribution in [0.5, 0.6) is 0 Å². The fourth-order valence-corrected chi connectivity index (χ4v) is 1.46. The quantitative estimate of drug-likeness (QED) is 0.808. The Kier molecular flexibility index (Phi) is 4.32. The van der Waals surface area contributed by atoms with Crippen LogP contribution in [-0.2, 0) is 11.3 Å². The van der Waals surface area contributed by atoms with Gasteiger partial charge in [-0.1, -0.05) is 13.0 Å². The Morgan fingerprint density at radius 2 is 2.54 bits per heavy atom. The second-order valence-corrected chi connectivity index (χ2v) is 3.60. The molecule has 0 atom stereocenters. The van der Waals surface area contributed by atoms with Crippen LogP contribution in [0.2, 0.25) is 0 Å². The van der Waals surface area contributed by atoms with Gasteiger partial charge < -0.3 is 10.1 Å².